The number of hydrogen-bond donors (Lipinski definition) is 1. The number of para-hydroxylation sites is 1. The van der Waals surface area contributed by atoms with Gasteiger partial charge in [0, 0.05) is 17.2 Å². The molecule has 0 saturated carbocycles. The fourth-order valence-corrected chi connectivity index (χ4v) is 2.82. The van der Waals surface area contributed by atoms with Gasteiger partial charge in [0.1, 0.15) is 0 Å². The molecule has 88 valence electrons. The lowest BCUT2D eigenvalue weighted by Crippen LogP contribution is -2.39. The molecule has 0 fully saturated rings. The Hall–Kier alpha value is -1.60. The minimum absolute atomic E-state index is 0.0235. The molecule has 17 heavy (non-hydrogen) atoms. The van der Waals surface area contributed by atoms with E-state index in [0.29, 0.717) is 13.1 Å². The van der Waals surface area contributed by atoms with Crippen molar-refractivity contribution < 1.29 is 4.79 Å². The number of thioether (sulfide) groups is 1. The fraction of sp³-hybridized carbons (Fsp3) is 0.308. The molecule has 4 heteroatoms. The molecule has 0 radical (unpaired) electrons. The van der Waals surface area contributed by atoms with Crippen LogP contribution in [0.5, 0.6) is 0 Å². The average Bonchev–Trinajstić information content (AvgIpc) is 2.37. The smallest absolute Gasteiger partial charge is 0.240 e. The van der Waals surface area contributed by atoms with Gasteiger partial charge in [0.2, 0.25) is 5.91 Å². The lowest BCUT2D eigenvalue weighted by atomic mass is 10.2. The Morgan fingerprint density at radius 2 is 2.35 bits per heavy atom. The van der Waals surface area contributed by atoms with Crippen molar-refractivity contribution in [2.45, 2.75) is 4.90 Å². The van der Waals surface area contributed by atoms with Gasteiger partial charge in [-0.3, -0.25) is 4.79 Å². The summed E-state index contributed by atoms with van der Waals surface area (Å²) < 4.78 is 0. The third-order valence-electron chi connectivity index (χ3n) is 2.55. The summed E-state index contributed by atoms with van der Waals surface area (Å²) in [5, 5.41) is 2.69. The number of carbonyl (C=O) groups excluding carboxylic acids is 1. The Kier molecular flexibility index (Phi) is 3.94. The number of nitrogens with one attached hydrogen (secondary N) is 1. The molecule has 1 N–H and O–H groups in total. The standard InChI is InChI=1S/C13H14N2OS/c1-2-7-14-13(16)10-15-8-9-17-12-6-4-3-5-11(12)15/h1,3-6H,7-10H2,(H,14,16). The predicted octanol–water partition coefficient (Wildman–Crippen LogP) is 1.35. The molecule has 1 aromatic carbocycles. The third kappa shape index (κ3) is 2.95. The zero-order valence-corrected chi connectivity index (χ0v) is 10.3. The van der Waals surface area contributed by atoms with Crippen molar-refractivity contribution >= 4 is 23.4 Å². The van der Waals surface area contributed by atoms with Crippen LogP contribution in [0.1, 0.15) is 0 Å². The molecule has 0 atom stereocenters. The van der Waals surface area contributed by atoms with Crippen LogP contribution in [-0.4, -0.2) is 31.3 Å². The summed E-state index contributed by atoms with van der Waals surface area (Å²) in [5.41, 5.74) is 1.14. The molecular formula is C13H14N2OS. The van der Waals surface area contributed by atoms with Crippen LogP contribution in [0.3, 0.4) is 0 Å². The van der Waals surface area contributed by atoms with E-state index >= 15 is 0 Å². The van der Waals surface area contributed by atoms with E-state index in [9.17, 15) is 4.79 Å². The van der Waals surface area contributed by atoms with Crippen molar-refractivity contribution in [3.05, 3.63) is 24.3 Å². The lowest BCUT2D eigenvalue weighted by molar-refractivity contribution is -0.119. The van der Waals surface area contributed by atoms with Crippen molar-refractivity contribution in [3.8, 4) is 12.3 Å². The molecule has 2 rings (SSSR count). The summed E-state index contributed by atoms with van der Waals surface area (Å²) in [7, 11) is 0. The maximum atomic E-state index is 11.6. The van der Waals surface area contributed by atoms with Gasteiger partial charge in [-0.1, -0.05) is 18.1 Å². The Labute approximate surface area is 106 Å². The first-order valence-electron chi connectivity index (χ1n) is 5.48. The maximum absolute atomic E-state index is 11.6. The second-order valence-corrected chi connectivity index (χ2v) is 4.86. The number of hydrogen-bond acceptors (Lipinski definition) is 3. The zero-order valence-electron chi connectivity index (χ0n) is 9.48. The maximum Gasteiger partial charge on any atom is 0.240 e. The molecule has 1 heterocycles. The van der Waals surface area contributed by atoms with E-state index in [-0.39, 0.29) is 5.91 Å². The highest BCUT2D eigenvalue weighted by atomic mass is 32.2. The number of rotatable bonds is 3. The zero-order chi connectivity index (χ0) is 12.1. The summed E-state index contributed by atoms with van der Waals surface area (Å²) >= 11 is 1.83. The Balaban J connectivity index is 2.04. The van der Waals surface area contributed by atoms with Gasteiger partial charge in [-0.05, 0) is 12.1 Å². The molecule has 0 spiro atoms. The molecular weight excluding hydrogens is 232 g/mol. The summed E-state index contributed by atoms with van der Waals surface area (Å²) in [4.78, 5) is 15.0. The molecule has 3 nitrogen and oxygen atoms in total. The highest BCUT2D eigenvalue weighted by Gasteiger charge is 2.18. The number of anilines is 1. The van der Waals surface area contributed by atoms with E-state index in [1.807, 2.05) is 23.9 Å². The van der Waals surface area contributed by atoms with Crippen LogP contribution in [0.2, 0.25) is 0 Å². The second-order valence-electron chi connectivity index (χ2n) is 3.72. The highest BCUT2D eigenvalue weighted by molar-refractivity contribution is 7.99. The first kappa shape index (κ1) is 11.9. The number of nitrogens with zero attached hydrogens (tertiary/aromatic N) is 1. The first-order valence-corrected chi connectivity index (χ1v) is 6.47. The molecule has 1 aromatic rings. The van der Waals surface area contributed by atoms with E-state index in [4.69, 9.17) is 6.42 Å². The van der Waals surface area contributed by atoms with Gasteiger partial charge in [0.15, 0.2) is 0 Å². The average molecular weight is 246 g/mol. The van der Waals surface area contributed by atoms with Crippen molar-refractivity contribution in [2.75, 3.05) is 30.3 Å². The Morgan fingerprint density at radius 1 is 1.53 bits per heavy atom. The Morgan fingerprint density at radius 3 is 3.18 bits per heavy atom. The number of benzene rings is 1. The van der Waals surface area contributed by atoms with E-state index in [1.165, 1.54) is 4.90 Å². The predicted molar refractivity (Wildman–Crippen MR) is 71.2 cm³/mol. The van der Waals surface area contributed by atoms with Gasteiger partial charge < -0.3 is 10.2 Å². The van der Waals surface area contributed by atoms with Crippen LogP contribution in [0.25, 0.3) is 0 Å². The SMILES string of the molecule is C#CCNC(=O)CN1CCSc2ccccc21. The van der Waals surface area contributed by atoms with Crippen LogP contribution in [0.4, 0.5) is 5.69 Å². The van der Waals surface area contributed by atoms with Crippen LogP contribution in [0, 0.1) is 12.3 Å². The minimum atomic E-state index is -0.0235. The van der Waals surface area contributed by atoms with E-state index in [2.05, 4.69) is 28.3 Å². The normalized spacial score (nSPS) is 13.7. The molecule has 1 amide bonds. The molecule has 1 aliphatic heterocycles. The van der Waals surface area contributed by atoms with Gasteiger partial charge in [-0.2, -0.15) is 0 Å². The van der Waals surface area contributed by atoms with Gasteiger partial charge in [-0.15, -0.1) is 18.2 Å². The molecule has 0 saturated heterocycles. The molecule has 1 aliphatic rings. The summed E-state index contributed by atoms with van der Waals surface area (Å²) in [6.45, 7) is 1.56. The first-order chi connectivity index (χ1) is 8.31. The summed E-state index contributed by atoms with van der Waals surface area (Å²) in [6.07, 6.45) is 5.10. The molecule has 0 aromatic heterocycles. The van der Waals surface area contributed by atoms with E-state index in [0.717, 1.165) is 18.0 Å². The van der Waals surface area contributed by atoms with Gasteiger partial charge in [-0.25, -0.2) is 0 Å². The van der Waals surface area contributed by atoms with Crippen molar-refractivity contribution in [1.82, 2.24) is 5.32 Å². The minimum Gasteiger partial charge on any atom is -0.360 e. The van der Waals surface area contributed by atoms with Crippen molar-refractivity contribution in [3.63, 3.8) is 0 Å². The lowest BCUT2D eigenvalue weighted by Gasteiger charge is -2.30. The number of carbonyl (C=O) groups is 1. The number of amides is 1. The third-order valence-corrected chi connectivity index (χ3v) is 3.59. The second kappa shape index (κ2) is 5.65. The van der Waals surface area contributed by atoms with Gasteiger partial charge >= 0.3 is 0 Å². The summed E-state index contributed by atoms with van der Waals surface area (Å²) in [6, 6.07) is 8.16. The van der Waals surface area contributed by atoms with Crippen molar-refractivity contribution in [2.24, 2.45) is 0 Å². The quantitative estimate of drug-likeness (QED) is 0.817. The van der Waals surface area contributed by atoms with Crippen LogP contribution in [0.15, 0.2) is 29.2 Å². The number of fused-ring (bicyclic) bond motifs is 1. The topological polar surface area (TPSA) is 32.3 Å². The number of terminal acetylenes is 1. The highest BCUT2D eigenvalue weighted by Crippen LogP contribution is 2.33. The monoisotopic (exact) mass is 246 g/mol. The van der Waals surface area contributed by atoms with Crippen LogP contribution < -0.4 is 10.2 Å². The molecule has 0 bridgehead atoms. The van der Waals surface area contributed by atoms with Gasteiger partial charge in [0.25, 0.3) is 0 Å². The van der Waals surface area contributed by atoms with Crippen LogP contribution in [-0.2, 0) is 4.79 Å². The molecule has 0 unspecified atom stereocenters. The van der Waals surface area contributed by atoms with E-state index < -0.39 is 0 Å². The summed E-state index contributed by atoms with van der Waals surface area (Å²) in [5.74, 6) is 3.39. The van der Waals surface area contributed by atoms with Gasteiger partial charge in [0.05, 0.1) is 18.8 Å². The van der Waals surface area contributed by atoms with Crippen molar-refractivity contribution in [1.29, 1.82) is 0 Å². The largest absolute Gasteiger partial charge is 0.360 e. The fourth-order valence-electron chi connectivity index (χ4n) is 1.77. The van der Waals surface area contributed by atoms with E-state index in [1.54, 1.807) is 0 Å². The van der Waals surface area contributed by atoms with Crippen LogP contribution >= 0.6 is 11.8 Å². The Bertz CT molecular complexity index is 453. The molecule has 0 aliphatic carbocycles.